The third-order valence-electron chi connectivity index (χ3n) is 3.26. The van der Waals surface area contributed by atoms with Crippen LogP contribution in [-0.4, -0.2) is 40.1 Å². The van der Waals surface area contributed by atoms with Gasteiger partial charge in [0.2, 0.25) is 0 Å². The van der Waals surface area contributed by atoms with Crippen LogP contribution in [0.3, 0.4) is 0 Å². The molecule has 1 atom stereocenters. The summed E-state index contributed by atoms with van der Waals surface area (Å²) in [6.07, 6.45) is -0.917. The fraction of sp³-hybridized carbons (Fsp3) is 0.571. The number of nitrogens with zero attached hydrogens (tertiary/aromatic N) is 1. The summed E-state index contributed by atoms with van der Waals surface area (Å²) in [6, 6.07) is 3.31. The zero-order valence-corrected chi connectivity index (χ0v) is 12.0. The molecule has 0 aromatic heterocycles. The molecule has 0 saturated carbocycles. The number of β-amino-alcohol motifs (C(OH)–C–C–N with tert-alkyl or cyclic N) is 1. The summed E-state index contributed by atoms with van der Waals surface area (Å²) in [5.74, 6) is -0.298. The van der Waals surface area contributed by atoms with Crippen LogP contribution >= 0.6 is 11.8 Å². The van der Waals surface area contributed by atoms with Gasteiger partial charge >= 0.3 is 0 Å². The van der Waals surface area contributed by atoms with Crippen LogP contribution < -0.4 is 0 Å². The fourth-order valence-corrected chi connectivity index (χ4v) is 3.56. The highest BCUT2D eigenvalue weighted by Gasteiger charge is 2.28. The highest BCUT2D eigenvalue weighted by atomic mass is 32.2. The zero-order chi connectivity index (χ0) is 14.0. The summed E-state index contributed by atoms with van der Waals surface area (Å²) in [4.78, 5) is 2.13. The second kappa shape index (κ2) is 5.77. The molecule has 2 rings (SSSR count). The number of aliphatic hydroxyl groups excluding tert-OH is 1. The van der Waals surface area contributed by atoms with Crippen LogP contribution in [0.25, 0.3) is 0 Å². The van der Waals surface area contributed by atoms with Crippen molar-refractivity contribution in [2.75, 3.05) is 25.4 Å². The Balaban J connectivity index is 2.02. The van der Waals surface area contributed by atoms with Gasteiger partial charge in [0.1, 0.15) is 11.6 Å². The Morgan fingerprint density at radius 1 is 1.42 bits per heavy atom. The van der Waals surface area contributed by atoms with Gasteiger partial charge in [0.15, 0.2) is 0 Å². The molecule has 1 aliphatic rings. The van der Waals surface area contributed by atoms with Gasteiger partial charge in [-0.1, -0.05) is 6.07 Å². The number of hydrogen-bond acceptors (Lipinski definition) is 3. The minimum atomic E-state index is -0.917. The molecule has 0 aliphatic carbocycles. The van der Waals surface area contributed by atoms with Crippen molar-refractivity contribution in [2.45, 2.75) is 24.7 Å². The van der Waals surface area contributed by atoms with Gasteiger partial charge in [-0.15, -0.1) is 0 Å². The molecule has 0 spiro atoms. The quantitative estimate of drug-likeness (QED) is 0.925. The molecule has 0 amide bonds. The van der Waals surface area contributed by atoms with Crippen LogP contribution in [0.5, 0.6) is 0 Å². The molecule has 1 unspecified atom stereocenters. The van der Waals surface area contributed by atoms with Crippen molar-refractivity contribution < 1.29 is 13.9 Å². The van der Waals surface area contributed by atoms with Gasteiger partial charge in [-0.2, -0.15) is 11.8 Å². The Hall–Kier alpha value is -0.650. The molecule has 19 heavy (non-hydrogen) atoms. The summed E-state index contributed by atoms with van der Waals surface area (Å²) in [5, 5.41) is 10.1. The Bertz CT molecular complexity index is 453. The molecule has 2 nitrogen and oxygen atoms in total. The summed E-state index contributed by atoms with van der Waals surface area (Å²) >= 11 is 1.91. The predicted molar refractivity (Wildman–Crippen MR) is 74.3 cm³/mol. The van der Waals surface area contributed by atoms with Crippen molar-refractivity contribution in [2.24, 2.45) is 0 Å². The molecule has 1 aliphatic heterocycles. The van der Waals surface area contributed by atoms with Crippen molar-refractivity contribution in [3.63, 3.8) is 0 Å². The number of rotatable bonds is 3. The number of benzene rings is 1. The highest BCUT2D eigenvalue weighted by Crippen LogP contribution is 2.30. The highest BCUT2D eigenvalue weighted by molar-refractivity contribution is 8.00. The van der Waals surface area contributed by atoms with E-state index in [4.69, 9.17) is 0 Å². The monoisotopic (exact) mass is 287 g/mol. The molecule has 106 valence electrons. The first kappa shape index (κ1) is 14.8. The van der Waals surface area contributed by atoms with E-state index in [1.54, 1.807) is 0 Å². The molecule has 1 aromatic carbocycles. The van der Waals surface area contributed by atoms with Crippen LogP contribution in [0.15, 0.2) is 18.2 Å². The number of halogens is 2. The molecule has 0 bridgehead atoms. The maximum atomic E-state index is 13.6. The van der Waals surface area contributed by atoms with E-state index in [0.29, 0.717) is 6.54 Å². The average Bonchev–Trinajstić information content (AvgIpc) is 2.27. The van der Waals surface area contributed by atoms with Crippen molar-refractivity contribution >= 4 is 11.8 Å². The van der Waals surface area contributed by atoms with Crippen molar-refractivity contribution in [3.8, 4) is 0 Å². The van der Waals surface area contributed by atoms with E-state index in [0.717, 1.165) is 24.9 Å². The van der Waals surface area contributed by atoms with E-state index in [2.05, 4.69) is 18.7 Å². The van der Waals surface area contributed by atoms with Gasteiger partial charge in [0, 0.05) is 41.8 Å². The maximum absolute atomic E-state index is 13.6. The van der Waals surface area contributed by atoms with Crippen LogP contribution in [-0.2, 0) is 0 Å². The summed E-state index contributed by atoms with van der Waals surface area (Å²) in [7, 11) is 0. The van der Waals surface area contributed by atoms with Crippen LogP contribution in [0.1, 0.15) is 25.5 Å². The smallest absolute Gasteiger partial charge is 0.131 e. The minimum absolute atomic E-state index is 0.152. The summed E-state index contributed by atoms with van der Waals surface area (Å²) < 4.78 is 26.6. The summed E-state index contributed by atoms with van der Waals surface area (Å²) in [6.45, 7) is 6.45. The largest absolute Gasteiger partial charge is 0.387 e. The van der Waals surface area contributed by atoms with Crippen LogP contribution in [0.4, 0.5) is 8.78 Å². The normalized spacial score (nSPS) is 21.3. The SMILES string of the molecule is CC1(C)CN(CC(O)c2ccc(F)cc2F)CCS1. The number of thioether (sulfide) groups is 1. The Morgan fingerprint density at radius 3 is 2.79 bits per heavy atom. The molecule has 1 saturated heterocycles. The van der Waals surface area contributed by atoms with Gasteiger partial charge in [0.25, 0.3) is 0 Å². The molecular weight excluding hydrogens is 268 g/mol. The molecule has 5 heteroatoms. The first-order valence-corrected chi connectivity index (χ1v) is 7.35. The molecule has 1 aromatic rings. The van der Waals surface area contributed by atoms with Gasteiger partial charge in [-0.3, -0.25) is 4.90 Å². The third kappa shape index (κ3) is 3.91. The average molecular weight is 287 g/mol. The molecule has 1 heterocycles. The van der Waals surface area contributed by atoms with Crippen LogP contribution in [0.2, 0.25) is 0 Å². The second-order valence-corrected chi connectivity index (χ2v) is 7.33. The van der Waals surface area contributed by atoms with E-state index in [-0.39, 0.29) is 10.3 Å². The van der Waals surface area contributed by atoms with E-state index >= 15 is 0 Å². The lowest BCUT2D eigenvalue weighted by Crippen LogP contribution is -2.44. The van der Waals surface area contributed by atoms with Gasteiger partial charge < -0.3 is 5.11 Å². The number of aliphatic hydroxyl groups is 1. The van der Waals surface area contributed by atoms with E-state index in [9.17, 15) is 13.9 Å². The number of hydrogen-bond donors (Lipinski definition) is 1. The van der Waals surface area contributed by atoms with Crippen LogP contribution in [0, 0.1) is 11.6 Å². The molecule has 0 radical (unpaired) electrons. The zero-order valence-electron chi connectivity index (χ0n) is 11.2. The molecule has 1 fully saturated rings. The maximum Gasteiger partial charge on any atom is 0.131 e. The Kier molecular flexibility index (Phi) is 4.48. The lowest BCUT2D eigenvalue weighted by atomic mass is 10.1. The minimum Gasteiger partial charge on any atom is -0.387 e. The lowest BCUT2D eigenvalue weighted by molar-refractivity contribution is 0.107. The fourth-order valence-electron chi connectivity index (χ4n) is 2.38. The van der Waals surface area contributed by atoms with Gasteiger partial charge in [-0.25, -0.2) is 8.78 Å². The summed E-state index contributed by atoms with van der Waals surface area (Å²) in [5.41, 5.74) is 0.164. The topological polar surface area (TPSA) is 23.5 Å². The molecular formula is C14H19F2NOS. The predicted octanol–water partition coefficient (Wildman–Crippen LogP) is 2.83. The lowest BCUT2D eigenvalue weighted by Gasteiger charge is -2.38. The van der Waals surface area contributed by atoms with Crippen molar-refractivity contribution in [1.82, 2.24) is 4.90 Å². The Labute approximate surface area is 116 Å². The van der Waals surface area contributed by atoms with E-state index < -0.39 is 17.7 Å². The third-order valence-corrected chi connectivity index (χ3v) is 4.55. The standard InChI is InChI=1S/C14H19F2NOS/c1-14(2)9-17(5-6-19-14)8-13(18)11-4-3-10(15)7-12(11)16/h3-4,7,13,18H,5-6,8-9H2,1-2H3. The second-order valence-electron chi connectivity index (χ2n) is 5.52. The Morgan fingerprint density at radius 2 is 2.16 bits per heavy atom. The first-order chi connectivity index (χ1) is 8.87. The van der Waals surface area contributed by atoms with E-state index in [1.165, 1.54) is 12.1 Å². The van der Waals surface area contributed by atoms with Gasteiger partial charge in [-0.05, 0) is 19.9 Å². The van der Waals surface area contributed by atoms with Crippen molar-refractivity contribution in [3.05, 3.63) is 35.4 Å². The molecule has 1 N–H and O–H groups in total. The van der Waals surface area contributed by atoms with Crippen molar-refractivity contribution in [1.29, 1.82) is 0 Å². The van der Waals surface area contributed by atoms with E-state index in [1.807, 2.05) is 11.8 Å². The first-order valence-electron chi connectivity index (χ1n) is 6.37. The van der Waals surface area contributed by atoms with Gasteiger partial charge in [0.05, 0.1) is 6.10 Å².